The number of pyridine rings is 1. The molecule has 0 fully saturated rings. The van der Waals surface area contributed by atoms with E-state index < -0.39 is 29.6 Å². The number of aromatic nitrogens is 1. The van der Waals surface area contributed by atoms with Crippen molar-refractivity contribution in [3.8, 4) is 5.88 Å². The molecule has 1 aromatic heterocycles. The van der Waals surface area contributed by atoms with Gasteiger partial charge in [-0.25, -0.2) is 14.2 Å². The van der Waals surface area contributed by atoms with Crippen molar-refractivity contribution < 1.29 is 32.9 Å². The highest BCUT2D eigenvalue weighted by molar-refractivity contribution is 5.64. The van der Waals surface area contributed by atoms with E-state index in [0.717, 1.165) is 18.1 Å². The second kappa shape index (κ2) is 7.61. The molecule has 140 valence electrons. The molecule has 9 heteroatoms. The molecule has 1 unspecified atom stereocenters. The first-order valence-electron chi connectivity index (χ1n) is 7.47. The predicted molar refractivity (Wildman–Crippen MR) is 85.5 cm³/mol. The van der Waals surface area contributed by atoms with Gasteiger partial charge in [-0.3, -0.25) is 0 Å². The zero-order valence-corrected chi connectivity index (χ0v) is 14.0. The van der Waals surface area contributed by atoms with Crippen molar-refractivity contribution in [2.24, 2.45) is 0 Å². The maximum absolute atomic E-state index is 14.6. The number of nitrogens with zero attached hydrogens (tertiary/aromatic N) is 2. The third-order valence-corrected chi connectivity index (χ3v) is 3.72. The Bertz CT molecular complexity index is 787. The highest BCUT2D eigenvalue weighted by atomic mass is 19.3. The molecular weight excluding hydrogens is 353 g/mol. The summed E-state index contributed by atoms with van der Waals surface area (Å²) in [6.45, 7) is -0.310. The third kappa shape index (κ3) is 3.88. The van der Waals surface area contributed by atoms with Gasteiger partial charge in [-0.15, -0.1) is 0 Å². The maximum atomic E-state index is 14.6. The fraction of sp³-hybridized carbons (Fsp3) is 0.294. The van der Waals surface area contributed by atoms with Crippen LogP contribution in [-0.2, 0) is 12.5 Å². The van der Waals surface area contributed by atoms with Gasteiger partial charge in [0, 0.05) is 12.6 Å². The average Bonchev–Trinajstić information content (AvgIpc) is 2.61. The number of halogens is 3. The van der Waals surface area contributed by atoms with E-state index in [1.165, 1.54) is 31.3 Å². The van der Waals surface area contributed by atoms with E-state index in [2.05, 4.69) is 4.98 Å². The Balaban J connectivity index is 2.44. The van der Waals surface area contributed by atoms with Crippen LogP contribution in [0, 0.1) is 5.82 Å². The highest BCUT2D eigenvalue weighted by Crippen LogP contribution is 2.41. The van der Waals surface area contributed by atoms with Crippen LogP contribution in [0.15, 0.2) is 36.4 Å². The predicted octanol–water partition coefficient (Wildman–Crippen LogP) is 3.16. The number of aliphatic hydroxyl groups is 1. The van der Waals surface area contributed by atoms with Gasteiger partial charge in [0.25, 0.3) is 0 Å². The second-order valence-electron chi connectivity index (χ2n) is 5.56. The van der Waals surface area contributed by atoms with E-state index in [1.54, 1.807) is 6.07 Å². The molecule has 6 nitrogen and oxygen atoms in total. The largest absolute Gasteiger partial charge is 0.481 e. The van der Waals surface area contributed by atoms with Gasteiger partial charge in [0.15, 0.2) is 11.5 Å². The number of alkyl halides is 2. The summed E-state index contributed by atoms with van der Waals surface area (Å²) in [6.07, 6.45) is -3.61. The molecule has 1 aromatic carbocycles. The highest BCUT2D eigenvalue weighted by Gasteiger charge is 2.45. The smallest absolute Gasteiger partial charge is 0.407 e. The first kappa shape index (κ1) is 19.5. The van der Waals surface area contributed by atoms with Crippen LogP contribution in [-0.4, -0.2) is 40.3 Å². The summed E-state index contributed by atoms with van der Waals surface area (Å²) in [6, 6.07) is 7.80. The van der Waals surface area contributed by atoms with Crippen molar-refractivity contribution in [1.29, 1.82) is 0 Å². The average molecular weight is 370 g/mol. The molecule has 0 saturated heterocycles. The maximum Gasteiger partial charge on any atom is 0.407 e. The van der Waals surface area contributed by atoms with Gasteiger partial charge in [0.2, 0.25) is 5.88 Å². The van der Waals surface area contributed by atoms with Crippen molar-refractivity contribution in [1.82, 2.24) is 9.88 Å². The van der Waals surface area contributed by atoms with Crippen molar-refractivity contribution in [2.45, 2.75) is 18.6 Å². The van der Waals surface area contributed by atoms with Crippen LogP contribution >= 0.6 is 0 Å². The van der Waals surface area contributed by atoms with Crippen LogP contribution in [0.2, 0.25) is 0 Å². The third-order valence-electron chi connectivity index (χ3n) is 3.72. The Morgan fingerprint density at radius 2 is 1.96 bits per heavy atom. The molecule has 2 rings (SSSR count). The Morgan fingerprint density at radius 1 is 1.35 bits per heavy atom. The molecule has 1 amide bonds. The van der Waals surface area contributed by atoms with Crippen LogP contribution in [0.5, 0.6) is 5.88 Å². The minimum absolute atomic E-state index is 0.0244. The summed E-state index contributed by atoms with van der Waals surface area (Å²) in [5.74, 6) is -5.76. The summed E-state index contributed by atoms with van der Waals surface area (Å²) in [7, 11) is 2.36. The quantitative estimate of drug-likeness (QED) is 0.816. The number of rotatable bonds is 6. The molecule has 0 aliphatic rings. The van der Waals surface area contributed by atoms with Gasteiger partial charge in [0.1, 0.15) is 6.10 Å². The molecule has 1 atom stereocenters. The van der Waals surface area contributed by atoms with Crippen LogP contribution in [0.1, 0.15) is 22.9 Å². The number of benzene rings is 1. The van der Waals surface area contributed by atoms with Crippen LogP contribution in [0.25, 0.3) is 0 Å². The summed E-state index contributed by atoms with van der Waals surface area (Å²) >= 11 is 0. The molecule has 1 heterocycles. The number of carbonyl (C=O) groups is 1. The molecule has 0 bridgehead atoms. The van der Waals surface area contributed by atoms with Gasteiger partial charge >= 0.3 is 12.0 Å². The van der Waals surface area contributed by atoms with Gasteiger partial charge in [-0.05, 0) is 11.6 Å². The Hall–Kier alpha value is -2.81. The topological polar surface area (TPSA) is 82.9 Å². The summed E-state index contributed by atoms with van der Waals surface area (Å²) in [5, 5.41) is 18.9. The molecule has 0 aliphatic carbocycles. The number of hydrogen-bond acceptors (Lipinski definition) is 4. The SMILES string of the molecule is COc1nc(C(F)(F)C(O)c2ccccc2)c(F)cc1CN(C)C(=O)O. The molecule has 0 aliphatic heterocycles. The van der Waals surface area contributed by atoms with Crippen molar-refractivity contribution in [3.05, 3.63) is 59.0 Å². The van der Waals surface area contributed by atoms with Crippen molar-refractivity contribution in [3.63, 3.8) is 0 Å². The van der Waals surface area contributed by atoms with Gasteiger partial charge in [-0.2, -0.15) is 8.78 Å². The fourth-order valence-corrected chi connectivity index (χ4v) is 2.33. The van der Waals surface area contributed by atoms with E-state index in [-0.39, 0.29) is 23.6 Å². The second-order valence-corrected chi connectivity index (χ2v) is 5.56. The van der Waals surface area contributed by atoms with E-state index in [1.807, 2.05) is 0 Å². The van der Waals surface area contributed by atoms with Crippen LogP contribution in [0.3, 0.4) is 0 Å². The fourth-order valence-electron chi connectivity index (χ4n) is 2.33. The van der Waals surface area contributed by atoms with E-state index >= 15 is 0 Å². The lowest BCUT2D eigenvalue weighted by Gasteiger charge is -2.24. The minimum Gasteiger partial charge on any atom is -0.481 e. The van der Waals surface area contributed by atoms with Crippen molar-refractivity contribution in [2.75, 3.05) is 14.2 Å². The summed E-state index contributed by atoms with van der Waals surface area (Å²) in [4.78, 5) is 15.2. The summed E-state index contributed by atoms with van der Waals surface area (Å²) < 4.78 is 48.4. The number of amides is 1. The Morgan fingerprint density at radius 3 is 2.50 bits per heavy atom. The zero-order valence-electron chi connectivity index (χ0n) is 14.0. The number of carboxylic acid groups (broad SMARTS) is 1. The number of hydrogen-bond donors (Lipinski definition) is 2. The molecule has 0 radical (unpaired) electrons. The Kier molecular flexibility index (Phi) is 5.71. The standard InChI is InChI=1S/C17H17F3N2O4/c1-22(16(24)25)9-11-8-12(18)13(21-15(11)26-2)17(19,20)14(23)10-6-4-3-5-7-10/h3-8,14,23H,9H2,1-2H3,(H,24,25). The Labute approximate surface area is 147 Å². The zero-order chi connectivity index (χ0) is 19.5. The number of aliphatic hydroxyl groups excluding tert-OH is 1. The number of ether oxygens (including phenoxy) is 1. The monoisotopic (exact) mass is 370 g/mol. The molecule has 2 N–H and O–H groups in total. The molecule has 0 spiro atoms. The molecule has 26 heavy (non-hydrogen) atoms. The van der Waals surface area contributed by atoms with Gasteiger partial charge < -0.3 is 19.8 Å². The first-order chi connectivity index (χ1) is 12.2. The number of methoxy groups -OCH3 is 1. The lowest BCUT2D eigenvalue weighted by atomic mass is 10.00. The summed E-state index contributed by atoms with van der Waals surface area (Å²) in [5.41, 5.74) is -1.41. The van der Waals surface area contributed by atoms with E-state index in [0.29, 0.717) is 0 Å². The molecule has 2 aromatic rings. The normalized spacial score (nSPS) is 12.5. The van der Waals surface area contributed by atoms with Gasteiger partial charge in [0.05, 0.1) is 13.7 Å². The van der Waals surface area contributed by atoms with E-state index in [4.69, 9.17) is 9.84 Å². The van der Waals surface area contributed by atoms with Crippen LogP contribution < -0.4 is 4.74 Å². The lowest BCUT2D eigenvalue weighted by Crippen LogP contribution is -2.28. The van der Waals surface area contributed by atoms with Crippen LogP contribution in [0.4, 0.5) is 18.0 Å². The molecule has 0 saturated carbocycles. The minimum atomic E-state index is -4.03. The van der Waals surface area contributed by atoms with Gasteiger partial charge in [-0.1, -0.05) is 30.3 Å². The van der Waals surface area contributed by atoms with E-state index in [9.17, 15) is 23.1 Å². The lowest BCUT2D eigenvalue weighted by molar-refractivity contribution is -0.123. The first-order valence-corrected chi connectivity index (χ1v) is 7.47. The van der Waals surface area contributed by atoms with Crippen molar-refractivity contribution >= 4 is 6.09 Å². The molecular formula is C17H17F3N2O4.